The van der Waals surface area contributed by atoms with E-state index in [4.69, 9.17) is 14.2 Å². The Balaban J connectivity index is 1.51. The summed E-state index contributed by atoms with van der Waals surface area (Å²) in [7, 11) is 1.70. The predicted molar refractivity (Wildman–Crippen MR) is 99.3 cm³/mol. The first kappa shape index (κ1) is 17.8. The molecule has 134 valence electrons. The number of morpholine rings is 1. The third-order valence-corrected chi connectivity index (χ3v) is 4.51. The number of ether oxygens (including phenoxy) is 3. The Morgan fingerprint density at radius 1 is 0.960 bits per heavy atom. The smallest absolute Gasteiger partial charge is 0.161 e. The normalized spacial score (nSPS) is 15.1. The first-order valence-electron chi connectivity index (χ1n) is 8.99. The van der Waals surface area contributed by atoms with Crippen molar-refractivity contribution in [3.05, 3.63) is 59.7 Å². The first-order valence-corrected chi connectivity index (χ1v) is 8.99. The summed E-state index contributed by atoms with van der Waals surface area (Å²) in [6.45, 7) is 5.50. The zero-order chi connectivity index (χ0) is 17.3. The number of hydrogen-bond acceptors (Lipinski definition) is 4. The van der Waals surface area contributed by atoms with Crippen LogP contribution in [0.5, 0.6) is 11.5 Å². The second kappa shape index (κ2) is 9.44. The predicted octanol–water partition coefficient (Wildman–Crippen LogP) is 3.54. The lowest BCUT2D eigenvalue weighted by Crippen LogP contribution is -2.36. The molecule has 4 nitrogen and oxygen atoms in total. The van der Waals surface area contributed by atoms with Gasteiger partial charge in [0.05, 0.1) is 20.3 Å². The quantitative estimate of drug-likeness (QED) is 0.735. The van der Waals surface area contributed by atoms with Gasteiger partial charge in [-0.15, -0.1) is 0 Å². The van der Waals surface area contributed by atoms with E-state index in [9.17, 15) is 0 Å². The van der Waals surface area contributed by atoms with Crippen molar-refractivity contribution in [3.63, 3.8) is 0 Å². The van der Waals surface area contributed by atoms with Gasteiger partial charge < -0.3 is 14.2 Å². The standard InChI is InChI=1S/C21H27NO3/c1-23-21-16-18(8-5-11-22-12-14-24-15-13-22)9-10-20(21)25-17-19-6-3-2-4-7-19/h2-4,6-7,9-10,16H,5,8,11-15,17H2,1H3. The Kier molecular flexibility index (Phi) is 6.71. The summed E-state index contributed by atoms with van der Waals surface area (Å²) in [5, 5.41) is 0. The molecule has 0 atom stereocenters. The fourth-order valence-corrected chi connectivity index (χ4v) is 3.05. The summed E-state index contributed by atoms with van der Waals surface area (Å²) in [5.41, 5.74) is 2.44. The Morgan fingerprint density at radius 2 is 1.76 bits per heavy atom. The van der Waals surface area contributed by atoms with Gasteiger partial charge in [0.2, 0.25) is 0 Å². The molecule has 1 aliphatic heterocycles. The summed E-state index contributed by atoms with van der Waals surface area (Å²) >= 11 is 0. The van der Waals surface area contributed by atoms with Gasteiger partial charge in [0.25, 0.3) is 0 Å². The molecule has 0 aromatic heterocycles. The molecule has 0 saturated carbocycles. The molecule has 2 aromatic rings. The molecule has 0 aliphatic carbocycles. The molecular weight excluding hydrogens is 314 g/mol. The molecule has 4 heteroatoms. The van der Waals surface area contributed by atoms with Gasteiger partial charge in [-0.05, 0) is 42.6 Å². The Morgan fingerprint density at radius 3 is 2.52 bits per heavy atom. The highest BCUT2D eigenvalue weighted by molar-refractivity contribution is 5.43. The number of nitrogens with zero attached hydrogens (tertiary/aromatic N) is 1. The molecule has 1 aliphatic rings. The van der Waals surface area contributed by atoms with Crippen molar-refractivity contribution in [1.29, 1.82) is 0 Å². The van der Waals surface area contributed by atoms with Gasteiger partial charge in [0, 0.05) is 13.1 Å². The highest BCUT2D eigenvalue weighted by atomic mass is 16.5. The van der Waals surface area contributed by atoms with Gasteiger partial charge in [-0.2, -0.15) is 0 Å². The van der Waals surface area contributed by atoms with Crippen molar-refractivity contribution in [2.24, 2.45) is 0 Å². The molecule has 0 spiro atoms. The van der Waals surface area contributed by atoms with E-state index in [0.717, 1.165) is 62.8 Å². The molecule has 1 saturated heterocycles. The maximum absolute atomic E-state index is 5.92. The van der Waals surface area contributed by atoms with E-state index >= 15 is 0 Å². The van der Waals surface area contributed by atoms with Crippen LogP contribution in [-0.4, -0.2) is 44.9 Å². The maximum atomic E-state index is 5.92. The van der Waals surface area contributed by atoms with E-state index in [0.29, 0.717) is 6.61 Å². The summed E-state index contributed by atoms with van der Waals surface area (Å²) in [6, 6.07) is 16.4. The number of hydrogen-bond donors (Lipinski definition) is 0. The van der Waals surface area contributed by atoms with Crippen molar-refractivity contribution in [2.75, 3.05) is 40.0 Å². The summed E-state index contributed by atoms with van der Waals surface area (Å²) in [6.07, 6.45) is 2.19. The van der Waals surface area contributed by atoms with Crippen LogP contribution in [0.3, 0.4) is 0 Å². The van der Waals surface area contributed by atoms with E-state index in [1.165, 1.54) is 5.56 Å². The van der Waals surface area contributed by atoms with E-state index < -0.39 is 0 Å². The molecular formula is C21H27NO3. The second-order valence-corrected chi connectivity index (χ2v) is 6.32. The Hall–Kier alpha value is -2.04. The average molecular weight is 341 g/mol. The summed E-state index contributed by atoms with van der Waals surface area (Å²) in [4.78, 5) is 2.47. The summed E-state index contributed by atoms with van der Waals surface area (Å²) < 4.78 is 16.8. The first-order chi connectivity index (χ1) is 12.3. The van der Waals surface area contributed by atoms with Gasteiger partial charge in [0.15, 0.2) is 11.5 Å². The van der Waals surface area contributed by atoms with Gasteiger partial charge in [-0.1, -0.05) is 36.4 Å². The molecule has 3 rings (SSSR count). The van der Waals surface area contributed by atoms with Crippen LogP contribution in [0, 0.1) is 0 Å². The number of methoxy groups -OCH3 is 1. The van der Waals surface area contributed by atoms with Gasteiger partial charge in [0.1, 0.15) is 6.61 Å². The Labute approximate surface area is 150 Å². The molecule has 0 radical (unpaired) electrons. The zero-order valence-corrected chi connectivity index (χ0v) is 14.9. The maximum Gasteiger partial charge on any atom is 0.161 e. The molecule has 1 fully saturated rings. The molecule has 0 amide bonds. The molecule has 0 N–H and O–H groups in total. The molecule has 1 heterocycles. The highest BCUT2D eigenvalue weighted by Crippen LogP contribution is 2.29. The topological polar surface area (TPSA) is 30.9 Å². The van der Waals surface area contributed by atoms with E-state index in [2.05, 4.69) is 29.2 Å². The Bertz CT molecular complexity index is 639. The van der Waals surface area contributed by atoms with E-state index in [1.54, 1.807) is 7.11 Å². The zero-order valence-electron chi connectivity index (χ0n) is 14.9. The third kappa shape index (κ3) is 5.48. The van der Waals surface area contributed by atoms with E-state index in [-0.39, 0.29) is 0 Å². The second-order valence-electron chi connectivity index (χ2n) is 6.32. The largest absolute Gasteiger partial charge is 0.493 e. The minimum atomic E-state index is 0.549. The lowest BCUT2D eigenvalue weighted by Gasteiger charge is -2.26. The molecule has 2 aromatic carbocycles. The van der Waals surface area contributed by atoms with Gasteiger partial charge >= 0.3 is 0 Å². The van der Waals surface area contributed by atoms with Crippen LogP contribution >= 0.6 is 0 Å². The molecule has 25 heavy (non-hydrogen) atoms. The van der Waals surface area contributed by atoms with Crippen LogP contribution in [0.15, 0.2) is 48.5 Å². The van der Waals surface area contributed by atoms with Crippen molar-refractivity contribution in [2.45, 2.75) is 19.4 Å². The lowest BCUT2D eigenvalue weighted by molar-refractivity contribution is 0.0374. The molecule has 0 unspecified atom stereocenters. The van der Waals surface area contributed by atoms with Gasteiger partial charge in [-0.3, -0.25) is 4.90 Å². The van der Waals surface area contributed by atoms with Crippen LogP contribution in [0.4, 0.5) is 0 Å². The van der Waals surface area contributed by atoms with Crippen LogP contribution in [-0.2, 0) is 17.8 Å². The monoisotopic (exact) mass is 341 g/mol. The minimum Gasteiger partial charge on any atom is -0.493 e. The molecule has 0 bridgehead atoms. The minimum absolute atomic E-state index is 0.549. The summed E-state index contributed by atoms with van der Waals surface area (Å²) in [5.74, 6) is 1.60. The van der Waals surface area contributed by atoms with E-state index in [1.807, 2.05) is 24.3 Å². The van der Waals surface area contributed by atoms with Crippen molar-refractivity contribution in [3.8, 4) is 11.5 Å². The number of rotatable bonds is 8. The third-order valence-electron chi connectivity index (χ3n) is 4.51. The van der Waals surface area contributed by atoms with Gasteiger partial charge in [-0.25, -0.2) is 0 Å². The highest BCUT2D eigenvalue weighted by Gasteiger charge is 2.10. The van der Waals surface area contributed by atoms with Crippen molar-refractivity contribution >= 4 is 0 Å². The average Bonchev–Trinajstić information content (AvgIpc) is 2.68. The number of benzene rings is 2. The van der Waals surface area contributed by atoms with Crippen LogP contribution in [0.25, 0.3) is 0 Å². The van der Waals surface area contributed by atoms with Crippen LogP contribution in [0.1, 0.15) is 17.5 Å². The fourth-order valence-electron chi connectivity index (χ4n) is 3.05. The van der Waals surface area contributed by atoms with Crippen LogP contribution in [0.2, 0.25) is 0 Å². The SMILES string of the molecule is COc1cc(CCCN2CCOCC2)ccc1OCc1ccccc1. The number of aryl methyl sites for hydroxylation is 1. The fraction of sp³-hybridized carbons (Fsp3) is 0.429. The van der Waals surface area contributed by atoms with Crippen molar-refractivity contribution in [1.82, 2.24) is 4.90 Å². The van der Waals surface area contributed by atoms with Crippen molar-refractivity contribution < 1.29 is 14.2 Å². The lowest BCUT2D eigenvalue weighted by atomic mass is 10.1. The van der Waals surface area contributed by atoms with Crippen LogP contribution < -0.4 is 9.47 Å².